The van der Waals surface area contributed by atoms with Crippen LogP contribution >= 0.6 is 0 Å². The summed E-state index contributed by atoms with van der Waals surface area (Å²) < 4.78 is 5.94. The third-order valence-corrected chi connectivity index (χ3v) is 13.6. The summed E-state index contributed by atoms with van der Waals surface area (Å²) in [5.41, 5.74) is 0. The first-order valence-electron chi connectivity index (χ1n) is 29.1. The number of hydrogen-bond acceptors (Lipinski definition) is 5. The normalized spacial score (nSPS) is 13.2. The van der Waals surface area contributed by atoms with Crippen LogP contribution in [0.15, 0.2) is 24.3 Å². The van der Waals surface area contributed by atoms with Gasteiger partial charge in [0, 0.05) is 6.42 Å². The van der Waals surface area contributed by atoms with Gasteiger partial charge in [-0.25, -0.2) is 0 Å². The molecule has 0 saturated carbocycles. The van der Waals surface area contributed by atoms with E-state index in [9.17, 15) is 19.8 Å². The smallest absolute Gasteiger partial charge is 0.306 e. The summed E-state index contributed by atoms with van der Waals surface area (Å²) in [4.78, 5) is 26.2. The van der Waals surface area contributed by atoms with Crippen LogP contribution in [-0.4, -0.2) is 46.9 Å². The highest BCUT2D eigenvalue weighted by atomic mass is 16.5. The number of unbranched alkanes of at least 4 members (excludes halogenated alkanes) is 38. The maximum Gasteiger partial charge on any atom is 0.306 e. The van der Waals surface area contributed by atoms with E-state index in [0.717, 1.165) is 57.8 Å². The molecular weight excluding hydrogens is 803 g/mol. The van der Waals surface area contributed by atoms with Crippen LogP contribution in [0.2, 0.25) is 0 Å². The Morgan fingerprint density at radius 1 is 0.446 bits per heavy atom. The zero-order chi connectivity index (χ0) is 47.4. The maximum atomic E-state index is 13.2. The molecule has 0 aromatic heterocycles. The minimum atomic E-state index is -0.796. The summed E-state index contributed by atoms with van der Waals surface area (Å²) in [6, 6.07) is -0.712. The molecule has 0 aliphatic rings. The van der Waals surface area contributed by atoms with Gasteiger partial charge in [-0.05, 0) is 44.9 Å². The van der Waals surface area contributed by atoms with Gasteiger partial charge in [0.15, 0.2) is 0 Å². The number of carbonyl (C=O) groups excluding carboxylic acids is 2. The Morgan fingerprint density at radius 2 is 0.785 bits per heavy atom. The summed E-state index contributed by atoms with van der Waals surface area (Å²) in [5, 5.41) is 23.9. The van der Waals surface area contributed by atoms with Crippen LogP contribution in [0.4, 0.5) is 0 Å². The van der Waals surface area contributed by atoms with Crippen LogP contribution in [0.5, 0.6) is 0 Å². The summed E-state index contributed by atoms with van der Waals surface area (Å²) >= 11 is 0. The standard InChI is InChI=1S/C59H113NO5/c1-4-7-10-13-16-19-22-25-28-29-31-34-37-40-43-46-49-52-59(64)65-55(50-47-44-41-38-35-32-27-24-21-18-15-12-9-6-3)53-58(63)60-56(54-61)57(62)51-48-45-42-39-36-33-30-26-23-20-17-14-11-8-5-2/h32,35,38,41,55-57,61-62H,4-31,33-34,36-37,39-40,42-54H2,1-3H3,(H,60,63)/b35-32+,41-38+. The molecule has 0 radical (unpaired) electrons. The molecule has 3 unspecified atom stereocenters. The predicted octanol–water partition coefficient (Wildman–Crippen LogP) is 17.9. The minimum Gasteiger partial charge on any atom is -0.462 e. The van der Waals surface area contributed by atoms with Crippen molar-refractivity contribution in [2.24, 2.45) is 0 Å². The number of amides is 1. The molecule has 6 nitrogen and oxygen atoms in total. The molecule has 0 rings (SSSR count). The van der Waals surface area contributed by atoms with E-state index >= 15 is 0 Å². The van der Waals surface area contributed by atoms with Crippen molar-refractivity contribution in [1.29, 1.82) is 0 Å². The highest BCUT2D eigenvalue weighted by molar-refractivity contribution is 5.77. The lowest BCUT2D eigenvalue weighted by molar-refractivity contribution is -0.151. The molecule has 0 bridgehead atoms. The fraction of sp³-hybridized carbons (Fsp3) is 0.898. The van der Waals surface area contributed by atoms with Gasteiger partial charge in [-0.1, -0.05) is 283 Å². The molecule has 0 spiro atoms. The van der Waals surface area contributed by atoms with Crippen molar-refractivity contribution in [1.82, 2.24) is 5.32 Å². The number of ether oxygens (including phenoxy) is 1. The van der Waals surface area contributed by atoms with Crippen molar-refractivity contribution in [2.45, 2.75) is 334 Å². The number of hydrogen-bond donors (Lipinski definition) is 3. The van der Waals surface area contributed by atoms with Crippen LogP contribution in [0.1, 0.15) is 316 Å². The molecular formula is C59H113NO5. The number of aliphatic hydroxyl groups excluding tert-OH is 2. The van der Waals surface area contributed by atoms with Crippen LogP contribution in [0.25, 0.3) is 0 Å². The fourth-order valence-electron chi connectivity index (χ4n) is 9.14. The molecule has 0 saturated heterocycles. The third-order valence-electron chi connectivity index (χ3n) is 13.6. The molecule has 0 heterocycles. The SMILES string of the molecule is CCCCCCCCC/C=C/C=C/CCCC(CC(=O)NC(CO)C(O)CCCCCCCCCCCCCCCCC)OC(=O)CCCCCCCCCCCCCCCCCCC. The molecule has 0 aromatic carbocycles. The lowest BCUT2D eigenvalue weighted by Gasteiger charge is -2.24. The first-order valence-corrected chi connectivity index (χ1v) is 29.1. The number of nitrogens with one attached hydrogen (secondary N) is 1. The first-order chi connectivity index (χ1) is 32.0. The van der Waals surface area contributed by atoms with Gasteiger partial charge in [0.1, 0.15) is 6.10 Å². The van der Waals surface area contributed by atoms with Crippen molar-refractivity contribution < 1.29 is 24.5 Å². The highest BCUT2D eigenvalue weighted by Crippen LogP contribution is 2.18. The molecule has 0 aromatic rings. The van der Waals surface area contributed by atoms with Crippen molar-refractivity contribution in [3.8, 4) is 0 Å². The molecule has 3 N–H and O–H groups in total. The zero-order valence-electron chi connectivity index (χ0n) is 43.9. The van der Waals surface area contributed by atoms with Gasteiger partial charge in [-0.2, -0.15) is 0 Å². The van der Waals surface area contributed by atoms with Gasteiger partial charge in [0.25, 0.3) is 0 Å². The third kappa shape index (κ3) is 48.6. The van der Waals surface area contributed by atoms with E-state index < -0.39 is 18.2 Å². The Morgan fingerprint density at radius 3 is 1.17 bits per heavy atom. The van der Waals surface area contributed by atoms with Crippen molar-refractivity contribution in [3.63, 3.8) is 0 Å². The summed E-state index contributed by atoms with van der Waals surface area (Å²) in [6.45, 7) is 6.51. The molecule has 65 heavy (non-hydrogen) atoms. The number of rotatable bonds is 53. The summed E-state index contributed by atoms with van der Waals surface area (Å²) in [7, 11) is 0. The van der Waals surface area contributed by atoms with E-state index in [4.69, 9.17) is 4.74 Å². The van der Waals surface area contributed by atoms with Crippen LogP contribution in [0.3, 0.4) is 0 Å². The molecule has 1 amide bonds. The number of allylic oxidation sites excluding steroid dienone is 4. The van der Waals surface area contributed by atoms with E-state index in [1.54, 1.807) is 0 Å². The zero-order valence-corrected chi connectivity index (χ0v) is 43.9. The van der Waals surface area contributed by atoms with Gasteiger partial charge in [-0.3, -0.25) is 9.59 Å². The Labute approximate surface area is 405 Å². The van der Waals surface area contributed by atoms with E-state index in [0.29, 0.717) is 19.3 Å². The van der Waals surface area contributed by atoms with E-state index in [1.165, 1.54) is 212 Å². The van der Waals surface area contributed by atoms with Gasteiger partial charge in [-0.15, -0.1) is 0 Å². The van der Waals surface area contributed by atoms with Crippen molar-refractivity contribution in [2.75, 3.05) is 6.61 Å². The average Bonchev–Trinajstić information content (AvgIpc) is 3.30. The predicted molar refractivity (Wildman–Crippen MR) is 283 cm³/mol. The Bertz CT molecular complexity index is 1030. The molecule has 384 valence electrons. The van der Waals surface area contributed by atoms with Gasteiger partial charge >= 0.3 is 5.97 Å². The van der Waals surface area contributed by atoms with E-state index in [-0.39, 0.29) is 24.9 Å². The van der Waals surface area contributed by atoms with Crippen LogP contribution in [-0.2, 0) is 14.3 Å². The highest BCUT2D eigenvalue weighted by Gasteiger charge is 2.24. The molecule has 0 aliphatic carbocycles. The monoisotopic (exact) mass is 916 g/mol. The first kappa shape index (κ1) is 63.3. The Kier molecular flexibility index (Phi) is 51.9. The largest absolute Gasteiger partial charge is 0.462 e. The van der Waals surface area contributed by atoms with Crippen LogP contribution < -0.4 is 5.32 Å². The lowest BCUT2D eigenvalue weighted by atomic mass is 10.0. The number of esters is 1. The van der Waals surface area contributed by atoms with Crippen LogP contribution in [0, 0.1) is 0 Å². The van der Waals surface area contributed by atoms with E-state index in [1.807, 2.05) is 0 Å². The van der Waals surface area contributed by atoms with Gasteiger partial charge < -0.3 is 20.3 Å². The van der Waals surface area contributed by atoms with E-state index in [2.05, 4.69) is 50.4 Å². The molecule has 0 aliphatic heterocycles. The molecule has 3 atom stereocenters. The maximum absolute atomic E-state index is 13.2. The van der Waals surface area contributed by atoms with Gasteiger partial charge in [0.05, 0.1) is 25.2 Å². The fourth-order valence-corrected chi connectivity index (χ4v) is 9.14. The number of aliphatic hydroxyl groups is 2. The van der Waals surface area contributed by atoms with Crippen molar-refractivity contribution in [3.05, 3.63) is 24.3 Å². The average molecular weight is 917 g/mol. The topological polar surface area (TPSA) is 95.9 Å². The van der Waals surface area contributed by atoms with Crippen molar-refractivity contribution >= 4 is 11.9 Å². The second-order valence-corrected chi connectivity index (χ2v) is 20.1. The Balaban J connectivity index is 4.54. The second-order valence-electron chi connectivity index (χ2n) is 20.1. The lowest BCUT2D eigenvalue weighted by Crippen LogP contribution is -2.46. The molecule has 0 fully saturated rings. The Hall–Kier alpha value is -1.66. The minimum absolute atomic E-state index is 0.0506. The second kappa shape index (κ2) is 53.3. The van der Waals surface area contributed by atoms with Gasteiger partial charge in [0.2, 0.25) is 5.91 Å². The quantitative estimate of drug-likeness (QED) is 0.0321. The summed E-state index contributed by atoms with van der Waals surface area (Å²) in [6.07, 6.45) is 62.5. The number of carbonyl (C=O) groups is 2. The molecule has 6 heteroatoms. The summed E-state index contributed by atoms with van der Waals surface area (Å²) in [5.74, 6) is -0.501.